The second-order valence-corrected chi connectivity index (χ2v) is 9.66. The van der Waals surface area contributed by atoms with E-state index in [-0.39, 0.29) is 0 Å². The Kier molecular flexibility index (Phi) is 6.32. The topological polar surface area (TPSA) is 107 Å². The molecule has 9 heteroatoms. The number of hydrogen-bond donors (Lipinski definition) is 1. The van der Waals surface area contributed by atoms with Crippen molar-refractivity contribution in [1.82, 2.24) is 40.1 Å². The highest BCUT2D eigenvalue weighted by Crippen LogP contribution is 2.35. The quantitative estimate of drug-likeness (QED) is 0.277. The fourth-order valence-electron chi connectivity index (χ4n) is 4.87. The van der Waals surface area contributed by atoms with Crippen molar-refractivity contribution >= 4 is 11.2 Å². The van der Waals surface area contributed by atoms with E-state index in [4.69, 9.17) is 14.7 Å². The molecule has 2 aromatic carbocycles. The van der Waals surface area contributed by atoms with Gasteiger partial charge in [-0.1, -0.05) is 31.2 Å². The fraction of sp³-hybridized carbons (Fsp3) is 0.200. The first kappa shape index (κ1) is 24.4. The molecule has 0 aliphatic heterocycles. The van der Waals surface area contributed by atoms with Crippen LogP contribution in [0.15, 0.2) is 67.0 Å². The molecule has 0 amide bonds. The van der Waals surface area contributed by atoms with Gasteiger partial charge >= 0.3 is 0 Å². The summed E-state index contributed by atoms with van der Waals surface area (Å²) in [6.07, 6.45) is 4.34. The van der Waals surface area contributed by atoms with Crippen LogP contribution in [0.1, 0.15) is 35.1 Å². The summed E-state index contributed by atoms with van der Waals surface area (Å²) < 4.78 is 8.35. The number of benzene rings is 2. The Morgan fingerprint density at radius 2 is 1.72 bits per heavy atom. The fourth-order valence-corrected chi connectivity index (χ4v) is 4.87. The lowest BCUT2D eigenvalue weighted by Gasteiger charge is -2.13. The molecule has 39 heavy (non-hydrogen) atoms. The van der Waals surface area contributed by atoms with Gasteiger partial charge in [-0.2, -0.15) is 5.21 Å². The molecule has 0 aliphatic rings. The zero-order valence-corrected chi connectivity index (χ0v) is 22.3. The molecule has 0 saturated heterocycles. The Morgan fingerprint density at radius 1 is 0.872 bits per heavy atom. The minimum atomic E-state index is 0.520. The Morgan fingerprint density at radius 3 is 2.46 bits per heavy atom. The molecule has 9 nitrogen and oxygen atoms in total. The molecule has 1 N–H and O–H groups in total. The van der Waals surface area contributed by atoms with Gasteiger partial charge in [0.2, 0.25) is 5.82 Å². The van der Waals surface area contributed by atoms with E-state index < -0.39 is 0 Å². The highest BCUT2D eigenvalue weighted by atomic mass is 16.5. The van der Waals surface area contributed by atoms with E-state index in [1.54, 1.807) is 12.4 Å². The van der Waals surface area contributed by atoms with Gasteiger partial charge in [0.25, 0.3) is 0 Å². The molecular formula is C30H28N8O. The largest absolute Gasteiger partial charge is 0.456 e. The van der Waals surface area contributed by atoms with E-state index in [1.165, 1.54) is 0 Å². The van der Waals surface area contributed by atoms with Gasteiger partial charge in [-0.3, -0.25) is 4.98 Å². The summed E-state index contributed by atoms with van der Waals surface area (Å²) >= 11 is 0. The molecule has 0 aliphatic carbocycles. The molecule has 6 rings (SSSR count). The van der Waals surface area contributed by atoms with E-state index in [9.17, 15) is 0 Å². The highest BCUT2D eigenvalue weighted by molar-refractivity contribution is 5.82. The van der Waals surface area contributed by atoms with Crippen molar-refractivity contribution in [3.05, 3.63) is 95.2 Å². The molecule has 4 aromatic heterocycles. The number of tetrazole rings is 1. The van der Waals surface area contributed by atoms with Crippen molar-refractivity contribution in [3.8, 4) is 34.0 Å². The number of nitrogens with zero attached hydrogens (tertiary/aromatic N) is 7. The van der Waals surface area contributed by atoms with Gasteiger partial charge in [0.05, 0.1) is 12.7 Å². The van der Waals surface area contributed by atoms with Crippen LogP contribution >= 0.6 is 0 Å². The van der Waals surface area contributed by atoms with Gasteiger partial charge < -0.3 is 9.30 Å². The number of hydrogen-bond acceptors (Lipinski definition) is 7. The van der Waals surface area contributed by atoms with Crippen LogP contribution in [0.25, 0.3) is 33.7 Å². The van der Waals surface area contributed by atoms with Crippen LogP contribution in [0.5, 0.6) is 11.5 Å². The van der Waals surface area contributed by atoms with Crippen LogP contribution in [0, 0.1) is 20.8 Å². The number of nitrogens with one attached hydrogen (secondary N) is 1. The zero-order chi connectivity index (χ0) is 26.9. The molecule has 0 spiro atoms. The van der Waals surface area contributed by atoms with Crippen molar-refractivity contribution < 1.29 is 4.74 Å². The number of imidazole rings is 1. The van der Waals surface area contributed by atoms with Crippen molar-refractivity contribution in [3.63, 3.8) is 0 Å². The van der Waals surface area contributed by atoms with Gasteiger partial charge in [0, 0.05) is 23.9 Å². The average molecular weight is 517 g/mol. The predicted molar refractivity (Wildman–Crippen MR) is 150 cm³/mol. The smallest absolute Gasteiger partial charge is 0.205 e. The lowest BCUT2D eigenvalue weighted by Crippen LogP contribution is -2.05. The molecular weight excluding hydrogens is 488 g/mol. The number of H-pyrrole nitrogens is 1. The Bertz CT molecular complexity index is 1770. The number of aromatic nitrogens is 8. The van der Waals surface area contributed by atoms with Gasteiger partial charge in [0.1, 0.15) is 22.8 Å². The Labute approximate surface area is 225 Å². The third-order valence-electron chi connectivity index (χ3n) is 6.69. The van der Waals surface area contributed by atoms with E-state index in [1.807, 2.05) is 38.1 Å². The highest BCUT2D eigenvalue weighted by Gasteiger charge is 2.16. The van der Waals surface area contributed by atoms with Crippen molar-refractivity contribution in [2.75, 3.05) is 0 Å². The lowest BCUT2D eigenvalue weighted by molar-refractivity contribution is 0.480. The first-order valence-corrected chi connectivity index (χ1v) is 12.9. The molecule has 0 fully saturated rings. The molecule has 0 bridgehead atoms. The predicted octanol–water partition coefficient (Wildman–Crippen LogP) is 6.00. The normalized spacial score (nSPS) is 11.3. The summed E-state index contributed by atoms with van der Waals surface area (Å²) in [5, 5.41) is 14.7. The number of rotatable bonds is 7. The number of pyridine rings is 2. The summed E-state index contributed by atoms with van der Waals surface area (Å²) in [5.74, 6) is 2.93. The zero-order valence-electron chi connectivity index (χ0n) is 22.3. The van der Waals surface area contributed by atoms with Crippen LogP contribution in [-0.4, -0.2) is 40.1 Å². The van der Waals surface area contributed by atoms with Crippen LogP contribution in [0.3, 0.4) is 0 Å². The maximum Gasteiger partial charge on any atom is 0.205 e. The molecule has 0 unspecified atom stereocenters. The summed E-state index contributed by atoms with van der Waals surface area (Å²) in [5.41, 5.74) is 9.06. The maximum atomic E-state index is 6.13. The molecule has 0 atom stereocenters. The summed E-state index contributed by atoms with van der Waals surface area (Å²) in [6, 6.07) is 18.4. The molecule has 0 saturated carbocycles. The third kappa shape index (κ3) is 4.86. The van der Waals surface area contributed by atoms with Crippen molar-refractivity contribution in [2.24, 2.45) is 0 Å². The lowest BCUT2D eigenvalue weighted by atomic mass is 9.97. The second kappa shape index (κ2) is 10.1. The van der Waals surface area contributed by atoms with Crippen molar-refractivity contribution in [1.29, 1.82) is 0 Å². The average Bonchev–Trinajstić information content (AvgIpc) is 3.58. The molecule has 194 valence electrons. The van der Waals surface area contributed by atoms with Crippen LogP contribution in [0.2, 0.25) is 0 Å². The molecule has 0 radical (unpaired) electrons. The first-order chi connectivity index (χ1) is 19.0. The number of fused-ring (bicyclic) bond motifs is 1. The van der Waals surface area contributed by atoms with Gasteiger partial charge in [0.15, 0.2) is 5.65 Å². The maximum absolute atomic E-state index is 6.13. The van der Waals surface area contributed by atoms with Gasteiger partial charge in [-0.15, -0.1) is 10.2 Å². The molecule has 6 aromatic rings. The van der Waals surface area contributed by atoms with Crippen LogP contribution in [0.4, 0.5) is 0 Å². The third-order valence-corrected chi connectivity index (χ3v) is 6.69. The summed E-state index contributed by atoms with van der Waals surface area (Å²) in [6.45, 7) is 8.93. The SMILES string of the molecule is CCc1nc2c(C)cc(C)nc2n1Cc1ccc(-c2cc(Oc3cncc(C)c3)ccc2-c2nn[nH]n2)cc1. The minimum Gasteiger partial charge on any atom is -0.456 e. The van der Waals surface area contributed by atoms with Crippen LogP contribution < -0.4 is 4.74 Å². The summed E-state index contributed by atoms with van der Waals surface area (Å²) in [7, 11) is 0. The van der Waals surface area contributed by atoms with E-state index in [0.29, 0.717) is 23.9 Å². The van der Waals surface area contributed by atoms with E-state index in [2.05, 4.69) is 74.4 Å². The van der Waals surface area contributed by atoms with E-state index >= 15 is 0 Å². The number of aryl methyl sites for hydroxylation is 4. The first-order valence-electron chi connectivity index (χ1n) is 12.9. The molecule has 4 heterocycles. The Hall–Kier alpha value is -4.92. The minimum absolute atomic E-state index is 0.520. The second-order valence-electron chi connectivity index (χ2n) is 9.66. The van der Waals surface area contributed by atoms with E-state index in [0.717, 1.165) is 62.5 Å². The summed E-state index contributed by atoms with van der Waals surface area (Å²) in [4.78, 5) is 13.9. The number of ether oxygens (including phenoxy) is 1. The Balaban J connectivity index is 1.36. The number of aromatic amines is 1. The van der Waals surface area contributed by atoms with Gasteiger partial charge in [-0.05, 0) is 84.1 Å². The standard InChI is InChI=1S/C30H28N8O/c1-5-27-33-28-19(3)13-20(4)32-30(28)38(27)17-21-6-8-22(9-7-21)26-14-23(39-24-12-18(2)15-31-16-24)10-11-25(26)29-34-36-37-35-29/h6-16H,5,17H2,1-4H3,(H,34,35,36,37). The van der Waals surface area contributed by atoms with Crippen LogP contribution in [-0.2, 0) is 13.0 Å². The van der Waals surface area contributed by atoms with Gasteiger partial charge in [-0.25, -0.2) is 9.97 Å². The monoisotopic (exact) mass is 516 g/mol. The van der Waals surface area contributed by atoms with Crippen molar-refractivity contribution in [2.45, 2.75) is 40.7 Å².